The summed E-state index contributed by atoms with van der Waals surface area (Å²) < 4.78 is 15.8. The standard InChI is InChI=1S/C14H20N2O4/c1-9-6-12(18-2)13(19-3)7-10(9)16-14(17)11-8-20-5-4-15-11/h6-7,11,15H,4-5,8H2,1-3H3,(H,16,17). The molecule has 1 aromatic rings. The molecule has 1 unspecified atom stereocenters. The molecule has 0 aromatic heterocycles. The largest absolute Gasteiger partial charge is 0.493 e. The van der Waals surface area contributed by atoms with Crippen molar-refractivity contribution in [1.82, 2.24) is 5.32 Å². The zero-order chi connectivity index (χ0) is 14.5. The molecule has 6 nitrogen and oxygen atoms in total. The maximum absolute atomic E-state index is 12.1. The Balaban J connectivity index is 2.13. The smallest absolute Gasteiger partial charge is 0.243 e. The molecular weight excluding hydrogens is 260 g/mol. The van der Waals surface area contributed by atoms with Gasteiger partial charge in [0.15, 0.2) is 11.5 Å². The van der Waals surface area contributed by atoms with E-state index in [-0.39, 0.29) is 11.9 Å². The second-order valence-electron chi connectivity index (χ2n) is 4.59. The molecule has 0 bridgehead atoms. The van der Waals surface area contributed by atoms with Crippen molar-refractivity contribution in [3.8, 4) is 11.5 Å². The Kier molecular flexibility index (Phi) is 4.81. The maximum atomic E-state index is 12.1. The van der Waals surface area contributed by atoms with Gasteiger partial charge in [-0.3, -0.25) is 4.79 Å². The first-order valence-electron chi connectivity index (χ1n) is 6.50. The average Bonchev–Trinajstić information content (AvgIpc) is 2.49. The summed E-state index contributed by atoms with van der Waals surface area (Å²) in [5.41, 5.74) is 1.62. The second-order valence-corrected chi connectivity index (χ2v) is 4.59. The van der Waals surface area contributed by atoms with Crippen LogP contribution in [0.2, 0.25) is 0 Å². The highest BCUT2D eigenvalue weighted by Gasteiger charge is 2.22. The zero-order valence-electron chi connectivity index (χ0n) is 12.0. The molecule has 1 aliphatic rings. The molecule has 20 heavy (non-hydrogen) atoms. The molecule has 110 valence electrons. The first kappa shape index (κ1) is 14.6. The molecule has 0 radical (unpaired) electrons. The van der Waals surface area contributed by atoms with Crippen LogP contribution in [0.15, 0.2) is 12.1 Å². The lowest BCUT2D eigenvalue weighted by Crippen LogP contribution is -2.48. The number of hydrogen-bond acceptors (Lipinski definition) is 5. The van der Waals surface area contributed by atoms with Crippen LogP contribution in [0.25, 0.3) is 0 Å². The van der Waals surface area contributed by atoms with E-state index in [4.69, 9.17) is 14.2 Å². The van der Waals surface area contributed by atoms with Crippen LogP contribution in [-0.2, 0) is 9.53 Å². The summed E-state index contributed by atoms with van der Waals surface area (Å²) in [6.07, 6.45) is 0. The number of morpholine rings is 1. The summed E-state index contributed by atoms with van der Waals surface area (Å²) in [5.74, 6) is 1.11. The van der Waals surface area contributed by atoms with E-state index in [0.717, 1.165) is 5.56 Å². The number of benzene rings is 1. The van der Waals surface area contributed by atoms with E-state index in [1.54, 1.807) is 20.3 Å². The normalized spacial score (nSPS) is 18.4. The van der Waals surface area contributed by atoms with E-state index in [9.17, 15) is 4.79 Å². The molecule has 1 amide bonds. The molecule has 0 spiro atoms. The Morgan fingerprint density at radius 1 is 1.35 bits per heavy atom. The van der Waals surface area contributed by atoms with Crippen LogP contribution in [0.5, 0.6) is 11.5 Å². The first-order chi connectivity index (χ1) is 9.65. The molecule has 1 aromatic carbocycles. The lowest BCUT2D eigenvalue weighted by Gasteiger charge is -2.23. The first-order valence-corrected chi connectivity index (χ1v) is 6.50. The van der Waals surface area contributed by atoms with E-state index in [0.29, 0.717) is 36.9 Å². The molecule has 1 heterocycles. The molecule has 2 N–H and O–H groups in total. The van der Waals surface area contributed by atoms with Gasteiger partial charge in [-0.05, 0) is 18.6 Å². The van der Waals surface area contributed by atoms with Gasteiger partial charge in [0.25, 0.3) is 0 Å². The minimum absolute atomic E-state index is 0.111. The SMILES string of the molecule is COc1cc(C)c(NC(=O)C2COCCN2)cc1OC. The zero-order valence-corrected chi connectivity index (χ0v) is 12.0. The van der Waals surface area contributed by atoms with Gasteiger partial charge in [0, 0.05) is 18.3 Å². The topological polar surface area (TPSA) is 68.8 Å². The van der Waals surface area contributed by atoms with Crippen LogP contribution in [0.4, 0.5) is 5.69 Å². The second kappa shape index (κ2) is 6.58. The van der Waals surface area contributed by atoms with Gasteiger partial charge in [0.2, 0.25) is 5.91 Å². The molecule has 0 aliphatic carbocycles. The van der Waals surface area contributed by atoms with Crippen molar-refractivity contribution in [2.24, 2.45) is 0 Å². The molecule has 6 heteroatoms. The fourth-order valence-electron chi connectivity index (χ4n) is 2.07. The van der Waals surface area contributed by atoms with E-state index in [1.807, 2.05) is 13.0 Å². The van der Waals surface area contributed by atoms with E-state index < -0.39 is 0 Å². The lowest BCUT2D eigenvalue weighted by molar-refractivity contribution is -0.120. The number of aryl methyl sites for hydroxylation is 1. The number of carbonyl (C=O) groups is 1. The van der Waals surface area contributed by atoms with Gasteiger partial charge in [-0.25, -0.2) is 0 Å². The highest BCUT2D eigenvalue weighted by Crippen LogP contribution is 2.32. The summed E-state index contributed by atoms with van der Waals surface area (Å²) in [5, 5.41) is 6.01. The quantitative estimate of drug-likeness (QED) is 0.859. The summed E-state index contributed by atoms with van der Waals surface area (Å²) in [7, 11) is 3.15. The highest BCUT2D eigenvalue weighted by atomic mass is 16.5. The van der Waals surface area contributed by atoms with Gasteiger partial charge in [0.1, 0.15) is 6.04 Å². The van der Waals surface area contributed by atoms with Gasteiger partial charge in [-0.15, -0.1) is 0 Å². The Morgan fingerprint density at radius 2 is 2.05 bits per heavy atom. The fourth-order valence-corrected chi connectivity index (χ4v) is 2.07. The number of hydrogen-bond donors (Lipinski definition) is 2. The third-order valence-corrected chi connectivity index (χ3v) is 3.23. The summed E-state index contributed by atoms with van der Waals surface area (Å²) in [4.78, 5) is 12.1. The molecule has 2 rings (SSSR count). The summed E-state index contributed by atoms with van der Waals surface area (Å²) >= 11 is 0. The average molecular weight is 280 g/mol. The van der Waals surface area contributed by atoms with Crippen molar-refractivity contribution in [2.45, 2.75) is 13.0 Å². The van der Waals surface area contributed by atoms with Crippen molar-refractivity contribution in [3.05, 3.63) is 17.7 Å². The molecule has 1 saturated heterocycles. The van der Waals surface area contributed by atoms with Gasteiger partial charge >= 0.3 is 0 Å². The fraction of sp³-hybridized carbons (Fsp3) is 0.500. The number of methoxy groups -OCH3 is 2. The van der Waals surface area contributed by atoms with E-state index in [1.165, 1.54) is 0 Å². The van der Waals surface area contributed by atoms with Crippen molar-refractivity contribution < 1.29 is 19.0 Å². The maximum Gasteiger partial charge on any atom is 0.243 e. The summed E-state index contributed by atoms with van der Waals surface area (Å²) in [6.45, 7) is 3.61. The minimum Gasteiger partial charge on any atom is -0.493 e. The van der Waals surface area contributed by atoms with Crippen LogP contribution in [-0.4, -0.2) is 45.9 Å². The number of amides is 1. The lowest BCUT2D eigenvalue weighted by atomic mass is 10.1. The molecular formula is C14H20N2O4. The van der Waals surface area contributed by atoms with E-state index in [2.05, 4.69) is 10.6 Å². The highest BCUT2D eigenvalue weighted by molar-refractivity contribution is 5.96. The van der Waals surface area contributed by atoms with Crippen LogP contribution in [0.1, 0.15) is 5.56 Å². The molecule has 1 atom stereocenters. The van der Waals surface area contributed by atoms with Gasteiger partial charge in [-0.2, -0.15) is 0 Å². The predicted molar refractivity (Wildman–Crippen MR) is 75.5 cm³/mol. The number of anilines is 1. The Hall–Kier alpha value is -1.79. The van der Waals surface area contributed by atoms with E-state index >= 15 is 0 Å². The Bertz CT molecular complexity index is 484. The van der Waals surface area contributed by atoms with Crippen LogP contribution >= 0.6 is 0 Å². The molecule has 1 aliphatic heterocycles. The predicted octanol–water partition coefficient (Wildman–Crippen LogP) is 0.939. The van der Waals surface area contributed by atoms with Crippen LogP contribution < -0.4 is 20.1 Å². The van der Waals surface area contributed by atoms with Gasteiger partial charge < -0.3 is 24.8 Å². The third-order valence-electron chi connectivity index (χ3n) is 3.23. The van der Waals surface area contributed by atoms with Crippen molar-refractivity contribution in [1.29, 1.82) is 0 Å². The van der Waals surface area contributed by atoms with Crippen LogP contribution in [0, 0.1) is 6.92 Å². The van der Waals surface area contributed by atoms with Crippen molar-refractivity contribution >= 4 is 11.6 Å². The molecule has 0 saturated carbocycles. The minimum atomic E-state index is -0.323. The number of carbonyl (C=O) groups excluding carboxylic acids is 1. The Labute approximate surface area is 118 Å². The number of rotatable bonds is 4. The molecule has 1 fully saturated rings. The summed E-state index contributed by atoms with van der Waals surface area (Å²) in [6, 6.07) is 3.27. The van der Waals surface area contributed by atoms with Crippen molar-refractivity contribution in [2.75, 3.05) is 39.3 Å². The van der Waals surface area contributed by atoms with Gasteiger partial charge in [0.05, 0.1) is 27.4 Å². The Morgan fingerprint density at radius 3 is 2.65 bits per heavy atom. The van der Waals surface area contributed by atoms with Crippen molar-refractivity contribution in [3.63, 3.8) is 0 Å². The number of ether oxygens (including phenoxy) is 3. The monoisotopic (exact) mass is 280 g/mol. The van der Waals surface area contributed by atoms with Crippen LogP contribution in [0.3, 0.4) is 0 Å². The number of nitrogens with one attached hydrogen (secondary N) is 2. The third kappa shape index (κ3) is 3.20. The van der Waals surface area contributed by atoms with Gasteiger partial charge in [-0.1, -0.05) is 0 Å².